The van der Waals surface area contributed by atoms with Gasteiger partial charge in [0.15, 0.2) is 0 Å². The van der Waals surface area contributed by atoms with Crippen LogP contribution in [-0.4, -0.2) is 60.9 Å². The van der Waals surface area contributed by atoms with Crippen molar-refractivity contribution in [2.45, 2.75) is 44.9 Å². The maximum absolute atomic E-state index is 13.8. The smallest absolute Gasteiger partial charge is 0.307 e. The molecule has 2 bridgehead atoms. The van der Waals surface area contributed by atoms with Gasteiger partial charge in [-0.2, -0.15) is 4.12 Å². The summed E-state index contributed by atoms with van der Waals surface area (Å²) in [6.07, 6.45) is 6.94. The van der Waals surface area contributed by atoms with Crippen molar-refractivity contribution in [1.82, 2.24) is 5.32 Å². The predicted molar refractivity (Wildman–Crippen MR) is 145 cm³/mol. The summed E-state index contributed by atoms with van der Waals surface area (Å²) in [5.41, 5.74) is 0. The van der Waals surface area contributed by atoms with E-state index in [4.69, 9.17) is 0 Å². The number of carbonyl (C=O) groups is 2. The average molecular weight is 543 g/mol. The van der Waals surface area contributed by atoms with E-state index in [1.165, 1.54) is 11.5 Å². The molecule has 2 N–H and O–H groups in total. The minimum Gasteiger partial charge on any atom is -0.700 e. The average Bonchev–Trinajstić information content (AvgIpc) is 3.61. The molecule has 4 fully saturated rings. The van der Waals surface area contributed by atoms with Crippen molar-refractivity contribution < 1.29 is 23.5 Å². The van der Waals surface area contributed by atoms with Crippen molar-refractivity contribution in [2.75, 3.05) is 44.2 Å². The number of nitrogens with one attached hydrogen (secondary N) is 1. The Labute approximate surface area is 227 Å². The van der Waals surface area contributed by atoms with E-state index in [1.807, 2.05) is 24.3 Å². The Bertz CT molecular complexity index is 1200. The number of quaternary nitrogens is 1. The highest BCUT2D eigenvalue weighted by molar-refractivity contribution is 7.10. The predicted octanol–water partition coefficient (Wildman–Crippen LogP) is 3.34. The van der Waals surface area contributed by atoms with Gasteiger partial charge in [-0.15, -0.1) is 0 Å². The lowest BCUT2D eigenvalue weighted by molar-refractivity contribution is -0.885. The minimum atomic E-state index is -0.831. The molecule has 2 heterocycles. The second kappa shape index (κ2) is 10.3. The van der Waals surface area contributed by atoms with Crippen LogP contribution in [0.4, 0.5) is 5.82 Å². The fourth-order valence-electron chi connectivity index (χ4n) is 8.07. The summed E-state index contributed by atoms with van der Waals surface area (Å²) >= 11 is 1.19. The number of carbonyl (C=O) groups excluding carboxylic acids is 1. The number of anilines is 1. The Morgan fingerprint density at radius 2 is 1.74 bits per heavy atom. The fourth-order valence-corrected chi connectivity index (χ4v) is 8.94. The van der Waals surface area contributed by atoms with E-state index in [1.54, 1.807) is 0 Å². The molecule has 0 unspecified atom stereocenters. The van der Waals surface area contributed by atoms with E-state index >= 15 is 0 Å². The Morgan fingerprint density at radius 3 is 2.47 bits per heavy atom. The SMILES string of the molecule is O=C(O)[C@@H]1[C@H]2CC[C@H](C2)[C@@H]1C(=O)NC[C@@H]1CCCC[C@H]1C[N+]1([O-])CCN(c2c3ccccc3s[n+]2[O-])CC1. The molecule has 1 saturated heterocycles. The van der Waals surface area contributed by atoms with E-state index in [0.717, 1.165) is 59.2 Å². The number of aliphatic carboxylic acids is 1. The quantitative estimate of drug-likeness (QED) is 0.315. The number of rotatable bonds is 7. The normalized spacial score (nSPS) is 32.5. The minimum absolute atomic E-state index is 0.0949. The lowest BCUT2D eigenvalue weighted by atomic mass is 9.77. The van der Waals surface area contributed by atoms with Gasteiger partial charge in [0.05, 0.1) is 28.5 Å². The first-order valence-electron chi connectivity index (χ1n) is 14.3. The molecule has 10 heteroatoms. The molecule has 0 radical (unpaired) electrons. The lowest BCUT2D eigenvalue weighted by Gasteiger charge is -2.49. The third-order valence-corrected chi connectivity index (χ3v) is 10.9. The van der Waals surface area contributed by atoms with Crippen LogP contribution in [0.3, 0.4) is 0 Å². The zero-order valence-electron chi connectivity index (χ0n) is 21.8. The first-order valence-corrected chi connectivity index (χ1v) is 15.0. The van der Waals surface area contributed by atoms with Gasteiger partial charge < -0.3 is 25.5 Å². The monoisotopic (exact) mass is 542 g/mol. The summed E-state index contributed by atoms with van der Waals surface area (Å²) < 4.78 is 1.68. The number of nitrogens with zero attached hydrogens (tertiary/aromatic N) is 3. The molecule has 6 atom stereocenters. The molecule has 1 aromatic heterocycles. The van der Waals surface area contributed by atoms with Crippen LogP contribution in [0.2, 0.25) is 0 Å². The number of amides is 1. The number of hydrogen-bond acceptors (Lipinski definition) is 6. The van der Waals surface area contributed by atoms with Crippen molar-refractivity contribution in [3.05, 3.63) is 34.7 Å². The van der Waals surface area contributed by atoms with Crippen molar-refractivity contribution in [2.24, 2.45) is 35.5 Å². The maximum Gasteiger partial charge on any atom is 0.307 e. The summed E-state index contributed by atoms with van der Waals surface area (Å²) in [5, 5.41) is 40.3. The number of fused-ring (bicyclic) bond motifs is 3. The van der Waals surface area contributed by atoms with Crippen LogP contribution in [0.1, 0.15) is 44.9 Å². The third-order valence-electron chi connectivity index (χ3n) is 10.0. The van der Waals surface area contributed by atoms with E-state index in [9.17, 15) is 25.1 Å². The van der Waals surface area contributed by atoms with Crippen LogP contribution in [0.5, 0.6) is 0 Å². The van der Waals surface area contributed by atoms with Gasteiger partial charge in [0.2, 0.25) is 5.91 Å². The van der Waals surface area contributed by atoms with E-state index in [2.05, 4.69) is 10.2 Å². The zero-order chi connectivity index (χ0) is 26.4. The van der Waals surface area contributed by atoms with Crippen LogP contribution in [0.25, 0.3) is 10.1 Å². The number of carboxylic acids is 1. The van der Waals surface area contributed by atoms with Gasteiger partial charge in [0, 0.05) is 24.0 Å². The maximum atomic E-state index is 13.8. The van der Waals surface area contributed by atoms with Crippen LogP contribution in [0.15, 0.2) is 24.3 Å². The molecular formula is C28H38N4O5S. The molecule has 206 valence electrons. The van der Waals surface area contributed by atoms with E-state index < -0.39 is 17.8 Å². The number of carboxylic acid groups (broad SMARTS) is 1. The number of piperazine rings is 1. The van der Waals surface area contributed by atoms with Crippen molar-refractivity contribution in [1.29, 1.82) is 0 Å². The van der Waals surface area contributed by atoms with Crippen molar-refractivity contribution >= 4 is 39.3 Å². The Kier molecular flexibility index (Phi) is 6.98. The summed E-state index contributed by atoms with van der Waals surface area (Å²) in [7, 11) is 0. The number of benzene rings is 1. The standard InChI is InChI=1S/C28H38N4O5S/c33-26(24-18-9-10-19(15-18)25(24)28(34)35)29-16-20-5-1-2-6-21(20)17-32(37)13-11-30(12-14-32)27-22-7-3-4-8-23(22)38-31(27)36/h3-4,7-8,18-21,24-25H,1-2,5-6,9-17H2,(H,29,33)(H,34,35)/t18-,19+,20+,21+,24+,25-/m1/s1. The van der Waals surface area contributed by atoms with Crippen molar-refractivity contribution in [3.8, 4) is 0 Å². The summed E-state index contributed by atoms with van der Waals surface area (Å²) in [4.78, 5) is 27.1. The molecule has 1 amide bonds. The molecule has 1 aliphatic heterocycles. The van der Waals surface area contributed by atoms with E-state index in [-0.39, 0.29) is 34.2 Å². The molecule has 3 aliphatic carbocycles. The van der Waals surface area contributed by atoms with Gasteiger partial charge in [-0.25, -0.2) is 4.90 Å². The highest BCUT2D eigenvalue weighted by Crippen LogP contribution is 2.52. The summed E-state index contributed by atoms with van der Waals surface area (Å²) in [5.74, 6) is -0.380. The largest absolute Gasteiger partial charge is 0.700 e. The lowest BCUT2D eigenvalue weighted by Crippen LogP contribution is -2.59. The highest BCUT2D eigenvalue weighted by atomic mass is 32.1. The molecule has 1 aromatic carbocycles. The van der Waals surface area contributed by atoms with Gasteiger partial charge >= 0.3 is 11.8 Å². The highest BCUT2D eigenvalue weighted by Gasteiger charge is 2.54. The Morgan fingerprint density at radius 1 is 1.05 bits per heavy atom. The van der Waals surface area contributed by atoms with Gasteiger partial charge in [0.25, 0.3) is 0 Å². The number of hydroxylamine groups is 3. The van der Waals surface area contributed by atoms with Crippen LogP contribution < -0.4 is 14.3 Å². The molecular weight excluding hydrogens is 504 g/mol. The summed E-state index contributed by atoms with van der Waals surface area (Å²) in [6, 6.07) is 7.80. The second-order valence-electron chi connectivity index (χ2n) is 12.1. The second-order valence-corrected chi connectivity index (χ2v) is 13.1. The first kappa shape index (κ1) is 25.8. The summed E-state index contributed by atoms with van der Waals surface area (Å²) in [6.45, 7) is 3.09. The van der Waals surface area contributed by atoms with Gasteiger partial charge in [-0.05, 0) is 62.0 Å². The molecule has 38 heavy (non-hydrogen) atoms. The Balaban J connectivity index is 1.06. The van der Waals surface area contributed by atoms with Crippen LogP contribution in [0, 0.1) is 45.9 Å². The van der Waals surface area contributed by atoms with Gasteiger partial charge in [-0.1, -0.05) is 25.0 Å². The van der Waals surface area contributed by atoms with Crippen LogP contribution >= 0.6 is 11.5 Å². The molecule has 0 spiro atoms. The molecule has 2 aromatic rings. The third kappa shape index (κ3) is 4.75. The first-order chi connectivity index (χ1) is 18.3. The number of hydrogen-bond donors (Lipinski definition) is 2. The van der Waals surface area contributed by atoms with Crippen LogP contribution in [-0.2, 0) is 9.59 Å². The molecule has 4 aliphatic rings. The van der Waals surface area contributed by atoms with Crippen molar-refractivity contribution in [3.63, 3.8) is 0 Å². The van der Waals surface area contributed by atoms with E-state index in [0.29, 0.717) is 45.1 Å². The zero-order valence-corrected chi connectivity index (χ0v) is 22.6. The Hall–Kier alpha value is -2.43. The topological polar surface area (TPSA) is 120 Å². The van der Waals surface area contributed by atoms with Gasteiger partial charge in [0.1, 0.15) is 26.2 Å². The molecule has 6 rings (SSSR count). The van der Waals surface area contributed by atoms with Gasteiger partial charge in [-0.3, -0.25) is 9.59 Å². The molecule has 9 nitrogen and oxygen atoms in total. The molecule has 3 saturated carbocycles. The number of aromatic nitrogens is 1. The fraction of sp³-hybridized carbons (Fsp3) is 0.679.